The van der Waals surface area contributed by atoms with E-state index in [-0.39, 0.29) is 0 Å². The molecular formula is C14H26N2O. The van der Waals surface area contributed by atoms with E-state index >= 15 is 0 Å². The van der Waals surface area contributed by atoms with Crippen LogP contribution in [0.4, 0.5) is 0 Å². The van der Waals surface area contributed by atoms with E-state index in [0.717, 1.165) is 24.6 Å². The Bertz CT molecular complexity index is 308. The van der Waals surface area contributed by atoms with Crippen molar-refractivity contribution < 1.29 is 4.42 Å². The van der Waals surface area contributed by atoms with E-state index in [2.05, 4.69) is 38.2 Å². The summed E-state index contributed by atoms with van der Waals surface area (Å²) in [5.41, 5.74) is 0. The first-order chi connectivity index (χ1) is 7.97. The average molecular weight is 238 g/mol. The van der Waals surface area contributed by atoms with Crippen LogP contribution in [0.3, 0.4) is 0 Å². The predicted molar refractivity (Wildman–Crippen MR) is 72.1 cm³/mol. The van der Waals surface area contributed by atoms with Gasteiger partial charge in [0.2, 0.25) is 0 Å². The molecule has 0 fully saturated rings. The SMILES string of the molecule is Cc1ccc(CNC(CC(C)C)CN(C)C)o1. The summed E-state index contributed by atoms with van der Waals surface area (Å²) in [5, 5.41) is 3.58. The lowest BCUT2D eigenvalue weighted by molar-refractivity contribution is 0.298. The van der Waals surface area contributed by atoms with Gasteiger partial charge in [0.05, 0.1) is 6.54 Å². The van der Waals surface area contributed by atoms with Crippen LogP contribution in [-0.2, 0) is 6.54 Å². The molecule has 0 amide bonds. The molecule has 3 heteroatoms. The Labute approximate surface area is 105 Å². The third-order valence-electron chi connectivity index (χ3n) is 2.70. The van der Waals surface area contributed by atoms with Gasteiger partial charge in [-0.25, -0.2) is 0 Å². The van der Waals surface area contributed by atoms with Crippen LogP contribution in [0.2, 0.25) is 0 Å². The number of furan rings is 1. The Balaban J connectivity index is 2.42. The van der Waals surface area contributed by atoms with E-state index in [4.69, 9.17) is 4.42 Å². The van der Waals surface area contributed by atoms with Gasteiger partial charge in [-0.15, -0.1) is 0 Å². The molecule has 3 nitrogen and oxygen atoms in total. The minimum atomic E-state index is 0.524. The van der Waals surface area contributed by atoms with Crippen molar-refractivity contribution >= 4 is 0 Å². The maximum absolute atomic E-state index is 5.57. The zero-order valence-corrected chi connectivity index (χ0v) is 11.8. The molecule has 0 aromatic carbocycles. The topological polar surface area (TPSA) is 28.4 Å². The Morgan fingerprint density at radius 2 is 2.00 bits per heavy atom. The molecule has 1 rings (SSSR count). The number of hydrogen-bond donors (Lipinski definition) is 1. The van der Waals surface area contributed by atoms with Crippen molar-refractivity contribution in [3.63, 3.8) is 0 Å². The quantitative estimate of drug-likeness (QED) is 0.791. The van der Waals surface area contributed by atoms with Crippen molar-refractivity contribution in [1.29, 1.82) is 0 Å². The largest absolute Gasteiger partial charge is 0.465 e. The molecule has 0 aliphatic rings. The smallest absolute Gasteiger partial charge is 0.117 e. The van der Waals surface area contributed by atoms with Crippen LogP contribution in [0.25, 0.3) is 0 Å². The summed E-state index contributed by atoms with van der Waals surface area (Å²) in [5.74, 6) is 2.72. The fraction of sp³-hybridized carbons (Fsp3) is 0.714. The molecule has 17 heavy (non-hydrogen) atoms. The lowest BCUT2D eigenvalue weighted by Crippen LogP contribution is -2.38. The predicted octanol–water partition coefficient (Wildman–Crippen LogP) is 2.65. The number of rotatable bonds is 7. The van der Waals surface area contributed by atoms with E-state index in [9.17, 15) is 0 Å². The van der Waals surface area contributed by atoms with Crippen LogP contribution in [0.5, 0.6) is 0 Å². The van der Waals surface area contributed by atoms with Crippen LogP contribution in [0.15, 0.2) is 16.5 Å². The van der Waals surface area contributed by atoms with Crippen LogP contribution in [-0.4, -0.2) is 31.6 Å². The summed E-state index contributed by atoms with van der Waals surface area (Å²) in [6.07, 6.45) is 1.19. The van der Waals surface area contributed by atoms with Gasteiger partial charge in [0.15, 0.2) is 0 Å². The fourth-order valence-corrected chi connectivity index (χ4v) is 2.06. The molecule has 0 aliphatic heterocycles. The van der Waals surface area contributed by atoms with Crippen LogP contribution in [0, 0.1) is 12.8 Å². The molecular weight excluding hydrogens is 212 g/mol. The summed E-state index contributed by atoms with van der Waals surface area (Å²) in [6, 6.07) is 4.58. The van der Waals surface area contributed by atoms with Gasteiger partial charge in [-0.05, 0) is 45.5 Å². The molecule has 1 N–H and O–H groups in total. The molecule has 1 aromatic rings. The average Bonchev–Trinajstić information content (AvgIpc) is 2.59. The lowest BCUT2D eigenvalue weighted by Gasteiger charge is -2.23. The van der Waals surface area contributed by atoms with E-state index < -0.39 is 0 Å². The zero-order chi connectivity index (χ0) is 12.8. The Morgan fingerprint density at radius 1 is 1.29 bits per heavy atom. The van der Waals surface area contributed by atoms with E-state index in [1.54, 1.807) is 0 Å². The summed E-state index contributed by atoms with van der Waals surface area (Å²) < 4.78 is 5.57. The first-order valence-corrected chi connectivity index (χ1v) is 6.40. The Kier molecular flexibility index (Phi) is 5.72. The van der Waals surface area contributed by atoms with Crippen LogP contribution >= 0.6 is 0 Å². The van der Waals surface area contributed by atoms with Crippen molar-refractivity contribution in [3.8, 4) is 0 Å². The standard InChI is InChI=1S/C14H26N2O/c1-11(2)8-13(10-16(4)5)15-9-14-7-6-12(3)17-14/h6-7,11,13,15H,8-10H2,1-5H3. The summed E-state index contributed by atoms with van der Waals surface area (Å²) >= 11 is 0. The van der Waals surface area contributed by atoms with Crippen molar-refractivity contribution in [2.45, 2.75) is 39.8 Å². The monoisotopic (exact) mass is 238 g/mol. The van der Waals surface area contributed by atoms with Crippen LogP contribution < -0.4 is 5.32 Å². The first-order valence-electron chi connectivity index (χ1n) is 6.40. The van der Waals surface area contributed by atoms with Gasteiger partial charge in [-0.2, -0.15) is 0 Å². The number of nitrogens with one attached hydrogen (secondary N) is 1. The maximum atomic E-state index is 5.57. The molecule has 1 atom stereocenters. The number of aryl methyl sites for hydroxylation is 1. The van der Waals surface area contributed by atoms with Crippen molar-refractivity contribution in [1.82, 2.24) is 10.2 Å². The highest BCUT2D eigenvalue weighted by Gasteiger charge is 2.12. The molecule has 1 aromatic heterocycles. The van der Waals surface area contributed by atoms with E-state index in [1.807, 2.05) is 19.1 Å². The first kappa shape index (κ1) is 14.3. The Hall–Kier alpha value is -0.800. The molecule has 0 saturated carbocycles. The Morgan fingerprint density at radius 3 is 2.47 bits per heavy atom. The van der Waals surface area contributed by atoms with Gasteiger partial charge in [-0.3, -0.25) is 0 Å². The molecule has 0 saturated heterocycles. The van der Waals surface area contributed by atoms with Gasteiger partial charge >= 0.3 is 0 Å². The number of likely N-dealkylation sites (N-methyl/N-ethyl adjacent to an activating group) is 1. The summed E-state index contributed by atoms with van der Waals surface area (Å²) in [6.45, 7) is 8.40. The van der Waals surface area contributed by atoms with Gasteiger partial charge in [-0.1, -0.05) is 13.8 Å². The lowest BCUT2D eigenvalue weighted by atomic mass is 10.0. The molecule has 98 valence electrons. The minimum Gasteiger partial charge on any atom is -0.465 e. The van der Waals surface area contributed by atoms with Gasteiger partial charge in [0.25, 0.3) is 0 Å². The third-order valence-corrected chi connectivity index (χ3v) is 2.70. The molecule has 0 aliphatic carbocycles. The van der Waals surface area contributed by atoms with Crippen molar-refractivity contribution in [3.05, 3.63) is 23.7 Å². The molecule has 0 spiro atoms. The highest BCUT2D eigenvalue weighted by atomic mass is 16.3. The molecule has 0 radical (unpaired) electrons. The highest BCUT2D eigenvalue weighted by Crippen LogP contribution is 2.09. The van der Waals surface area contributed by atoms with E-state index in [1.165, 1.54) is 6.42 Å². The van der Waals surface area contributed by atoms with Gasteiger partial charge in [0.1, 0.15) is 11.5 Å². The summed E-state index contributed by atoms with van der Waals surface area (Å²) in [7, 11) is 4.23. The second-order valence-corrected chi connectivity index (χ2v) is 5.48. The fourth-order valence-electron chi connectivity index (χ4n) is 2.06. The van der Waals surface area contributed by atoms with Gasteiger partial charge < -0.3 is 14.6 Å². The van der Waals surface area contributed by atoms with E-state index in [0.29, 0.717) is 12.0 Å². The number of hydrogen-bond acceptors (Lipinski definition) is 3. The van der Waals surface area contributed by atoms with Crippen molar-refractivity contribution in [2.75, 3.05) is 20.6 Å². The molecule has 1 unspecified atom stereocenters. The second kappa shape index (κ2) is 6.82. The van der Waals surface area contributed by atoms with Gasteiger partial charge in [0, 0.05) is 12.6 Å². The second-order valence-electron chi connectivity index (χ2n) is 5.48. The minimum absolute atomic E-state index is 0.524. The maximum Gasteiger partial charge on any atom is 0.117 e. The molecule has 0 bridgehead atoms. The normalized spacial score (nSPS) is 13.6. The highest BCUT2D eigenvalue weighted by molar-refractivity contribution is 5.05. The van der Waals surface area contributed by atoms with Crippen molar-refractivity contribution in [2.24, 2.45) is 5.92 Å². The summed E-state index contributed by atoms with van der Waals surface area (Å²) in [4.78, 5) is 2.23. The molecule has 1 heterocycles. The van der Waals surface area contributed by atoms with Crippen LogP contribution in [0.1, 0.15) is 31.8 Å². The number of nitrogens with zero attached hydrogens (tertiary/aromatic N) is 1. The third kappa shape index (κ3) is 5.89. The zero-order valence-electron chi connectivity index (χ0n) is 11.8.